The van der Waals surface area contributed by atoms with E-state index in [0.29, 0.717) is 15.3 Å². The van der Waals surface area contributed by atoms with Gasteiger partial charge in [0.15, 0.2) is 4.73 Å². The fourth-order valence-corrected chi connectivity index (χ4v) is 1.80. The lowest BCUT2D eigenvalue weighted by Gasteiger charge is -2.04. The molecule has 0 bridgehead atoms. The molecule has 0 spiro atoms. The average molecular weight is 306 g/mol. The molecule has 16 heavy (non-hydrogen) atoms. The van der Waals surface area contributed by atoms with Crippen LogP contribution in [-0.4, -0.2) is 14.8 Å². The van der Waals surface area contributed by atoms with Crippen LogP contribution in [0.1, 0.15) is 5.56 Å². The Morgan fingerprint density at radius 3 is 2.81 bits per heavy atom. The molecular weight excluding hydrogens is 298 g/mol. The highest BCUT2D eigenvalue weighted by Crippen LogP contribution is 2.17. The van der Waals surface area contributed by atoms with Crippen LogP contribution >= 0.6 is 27.5 Å². The molecule has 84 valence electrons. The molecule has 0 amide bonds. The third-order valence-corrected chi connectivity index (χ3v) is 2.80. The minimum absolute atomic E-state index is 0.140. The predicted molar refractivity (Wildman–Crippen MR) is 62.6 cm³/mol. The maximum absolute atomic E-state index is 13.5. The Morgan fingerprint density at radius 2 is 2.25 bits per heavy atom. The zero-order valence-electron chi connectivity index (χ0n) is 7.99. The largest absolute Gasteiger partial charge is 0.366 e. The Balaban J connectivity index is 2.30. The summed E-state index contributed by atoms with van der Waals surface area (Å²) < 4.78 is 15.4. The van der Waals surface area contributed by atoms with Crippen molar-refractivity contribution in [2.75, 3.05) is 5.73 Å². The van der Waals surface area contributed by atoms with Crippen LogP contribution in [0.2, 0.25) is 5.02 Å². The second-order valence-electron chi connectivity index (χ2n) is 3.13. The summed E-state index contributed by atoms with van der Waals surface area (Å²) in [5.74, 6) is -0.241. The number of benzene rings is 1. The van der Waals surface area contributed by atoms with Crippen molar-refractivity contribution in [1.82, 2.24) is 14.8 Å². The highest BCUT2D eigenvalue weighted by Gasteiger charge is 2.08. The number of rotatable bonds is 2. The molecule has 0 aliphatic rings. The van der Waals surface area contributed by atoms with Crippen molar-refractivity contribution in [3.05, 3.63) is 39.3 Å². The van der Waals surface area contributed by atoms with Crippen molar-refractivity contribution < 1.29 is 4.39 Å². The van der Waals surface area contributed by atoms with Crippen LogP contribution in [-0.2, 0) is 6.54 Å². The summed E-state index contributed by atoms with van der Waals surface area (Å²) in [5, 5.41) is 4.27. The van der Waals surface area contributed by atoms with Crippen LogP contribution in [0.25, 0.3) is 0 Å². The predicted octanol–water partition coefficient (Wildman–Crippen LogP) is 2.46. The zero-order valence-corrected chi connectivity index (χ0v) is 10.3. The summed E-state index contributed by atoms with van der Waals surface area (Å²) >= 11 is 8.83. The fraction of sp³-hybridized carbons (Fsp3) is 0.111. The maximum Gasteiger partial charge on any atom is 0.240 e. The standard InChI is InChI=1S/C9H7BrClFN4/c10-8-14-9(13)15-16(8)4-5-1-2-6(11)3-7(5)12/h1-3H,4H2,(H2,13,15). The van der Waals surface area contributed by atoms with Gasteiger partial charge in [-0.3, -0.25) is 0 Å². The second-order valence-corrected chi connectivity index (χ2v) is 4.28. The lowest BCUT2D eigenvalue weighted by atomic mass is 10.2. The SMILES string of the molecule is Nc1nc(Br)n(Cc2ccc(Cl)cc2F)n1. The van der Waals surface area contributed by atoms with Gasteiger partial charge >= 0.3 is 0 Å². The number of hydrogen-bond acceptors (Lipinski definition) is 3. The molecule has 1 aromatic carbocycles. The van der Waals surface area contributed by atoms with E-state index in [9.17, 15) is 4.39 Å². The molecule has 0 fully saturated rings. The van der Waals surface area contributed by atoms with Crippen molar-refractivity contribution in [3.8, 4) is 0 Å². The van der Waals surface area contributed by atoms with Gasteiger partial charge in [0.25, 0.3) is 0 Å². The van der Waals surface area contributed by atoms with Crippen molar-refractivity contribution in [3.63, 3.8) is 0 Å². The molecule has 0 aliphatic heterocycles. The second kappa shape index (κ2) is 4.39. The van der Waals surface area contributed by atoms with E-state index in [4.69, 9.17) is 17.3 Å². The van der Waals surface area contributed by atoms with Gasteiger partial charge in [0, 0.05) is 10.6 Å². The van der Waals surface area contributed by atoms with Crippen LogP contribution in [0.15, 0.2) is 22.9 Å². The van der Waals surface area contributed by atoms with Gasteiger partial charge in [-0.2, -0.15) is 4.98 Å². The van der Waals surface area contributed by atoms with Gasteiger partial charge < -0.3 is 5.73 Å². The Bertz CT molecular complexity index is 528. The molecule has 2 rings (SSSR count). The smallest absolute Gasteiger partial charge is 0.240 e. The molecule has 0 unspecified atom stereocenters. The van der Waals surface area contributed by atoms with E-state index in [0.717, 1.165) is 0 Å². The number of nitrogens with zero attached hydrogens (tertiary/aromatic N) is 3. The number of hydrogen-bond donors (Lipinski definition) is 1. The first-order valence-electron chi connectivity index (χ1n) is 4.36. The van der Waals surface area contributed by atoms with Gasteiger partial charge in [0.05, 0.1) is 6.54 Å². The number of anilines is 1. The molecule has 0 atom stereocenters. The van der Waals surface area contributed by atoms with E-state index in [-0.39, 0.29) is 18.3 Å². The normalized spacial score (nSPS) is 10.7. The third kappa shape index (κ3) is 2.33. The summed E-state index contributed by atoms with van der Waals surface area (Å²) in [4.78, 5) is 3.85. The van der Waals surface area contributed by atoms with Crippen molar-refractivity contribution >= 4 is 33.5 Å². The third-order valence-electron chi connectivity index (χ3n) is 1.98. The fourth-order valence-electron chi connectivity index (χ4n) is 1.25. The first kappa shape index (κ1) is 11.3. The Hall–Kier alpha value is -1.14. The Morgan fingerprint density at radius 1 is 1.50 bits per heavy atom. The van der Waals surface area contributed by atoms with Crippen LogP contribution in [0.3, 0.4) is 0 Å². The van der Waals surface area contributed by atoms with E-state index in [1.54, 1.807) is 12.1 Å². The molecule has 0 radical (unpaired) electrons. The molecule has 2 aromatic rings. The first-order chi connectivity index (χ1) is 7.56. The summed E-state index contributed by atoms with van der Waals surface area (Å²) in [6.45, 7) is 0.244. The van der Waals surface area contributed by atoms with Crippen LogP contribution in [0, 0.1) is 5.82 Å². The van der Waals surface area contributed by atoms with Crippen LogP contribution < -0.4 is 5.73 Å². The Kier molecular flexibility index (Phi) is 3.11. The van der Waals surface area contributed by atoms with Gasteiger partial charge in [-0.25, -0.2) is 9.07 Å². The van der Waals surface area contributed by atoms with E-state index in [2.05, 4.69) is 26.0 Å². The zero-order chi connectivity index (χ0) is 11.7. The van der Waals surface area contributed by atoms with Crippen LogP contribution in [0.5, 0.6) is 0 Å². The minimum atomic E-state index is -0.381. The van der Waals surface area contributed by atoms with Crippen molar-refractivity contribution in [1.29, 1.82) is 0 Å². The highest BCUT2D eigenvalue weighted by molar-refractivity contribution is 9.10. The minimum Gasteiger partial charge on any atom is -0.366 e. The van der Waals surface area contributed by atoms with E-state index in [1.807, 2.05) is 0 Å². The molecule has 0 saturated carbocycles. The monoisotopic (exact) mass is 304 g/mol. The van der Waals surface area contributed by atoms with E-state index in [1.165, 1.54) is 10.7 Å². The lowest BCUT2D eigenvalue weighted by molar-refractivity contribution is 0.581. The van der Waals surface area contributed by atoms with Gasteiger partial charge in [-0.1, -0.05) is 17.7 Å². The summed E-state index contributed by atoms with van der Waals surface area (Å²) in [7, 11) is 0. The number of nitrogens with two attached hydrogens (primary N) is 1. The Labute approximate surface area is 104 Å². The summed E-state index contributed by atoms with van der Waals surface area (Å²) in [6, 6.07) is 4.47. The van der Waals surface area contributed by atoms with Gasteiger partial charge in [0.1, 0.15) is 5.82 Å². The molecule has 7 heteroatoms. The van der Waals surface area contributed by atoms with Crippen LogP contribution in [0.4, 0.5) is 10.3 Å². The van der Waals surface area contributed by atoms with Gasteiger partial charge in [-0.05, 0) is 28.1 Å². The molecule has 1 aromatic heterocycles. The van der Waals surface area contributed by atoms with Crippen molar-refractivity contribution in [2.24, 2.45) is 0 Å². The lowest BCUT2D eigenvalue weighted by Crippen LogP contribution is -2.04. The van der Waals surface area contributed by atoms with Gasteiger partial charge in [-0.15, -0.1) is 5.10 Å². The average Bonchev–Trinajstić information content (AvgIpc) is 2.50. The number of aromatic nitrogens is 3. The molecule has 4 nitrogen and oxygen atoms in total. The molecule has 0 aliphatic carbocycles. The van der Waals surface area contributed by atoms with Gasteiger partial charge in [0.2, 0.25) is 5.95 Å². The number of halogens is 3. The van der Waals surface area contributed by atoms with E-state index < -0.39 is 0 Å². The maximum atomic E-state index is 13.5. The topological polar surface area (TPSA) is 56.7 Å². The molecule has 0 saturated heterocycles. The van der Waals surface area contributed by atoms with Crippen molar-refractivity contribution in [2.45, 2.75) is 6.54 Å². The molecule has 2 N–H and O–H groups in total. The quantitative estimate of drug-likeness (QED) is 0.927. The first-order valence-corrected chi connectivity index (χ1v) is 5.53. The molecule has 1 heterocycles. The highest BCUT2D eigenvalue weighted by atomic mass is 79.9. The summed E-state index contributed by atoms with van der Waals surface area (Å²) in [5.41, 5.74) is 5.87. The molecular formula is C9H7BrClFN4. The summed E-state index contributed by atoms with van der Waals surface area (Å²) in [6.07, 6.45) is 0. The number of nitrogen functional groups attached to an aromatic ring is 1. The van der Waals surface area contributed by atoms with E-state index >= 15 is 0 Å².